The van der Waals surface area contributed by atoms with Crippen molar-refractivity contribution in [1.82, 2.24) is 9.97 Å². The largest absolute Gasteiger partial charge is 0.495 e. The Morgan fingerprint density at radius 2 is 1.93 bits per heavy atom. The number of halogens is 1. The van der Waals surface area contributed by atoms with E-state index in [0.29, 0.717) is 28.1 Å². The summed E-state index contributed by atoms with van der Waals surface area (Å²) >= 11 is 7.52. The van der Waals surface area contributed by atoms with Gasteiger partial charge in [0.05, 0.1) is 36.2 Å². The first kappa shape index (κ1) is 19.8. The van der Waals surface area contributed by atoms with Crippen LogP contribution in [0.1, 0.15) is 24.6 Å². The quantitative estimate of drug-likeness (QED) is 0.425. The van der Waals surface area contributed by atoms with Crippen LogP contribution in [0.4, 0.5) is 5.69 Å². The van der Waals surface area contributed by atoms with Gasteiger partial charge < -0.3 is 14.8 Å². The summed E-state index contributed by atoms with van der Waals surface area (Å²) < 4.78 is 10.5. The summed E-state index contributed by atoms with van der Waals surface area (Å²) in [6.45, 7) is 0. The van der Waals surface area contributed by atoms with Gasteiger partial charge in [-0.25, -0.2) is 9.97 Å². The molecular formula is C21H20ClN3O3S. The molecule has 6 nitrogen and oxygen atoms in total. The fraction of sp³-hybridized carbons (Fsp3) is 0.286. The van der Waals surface area contributed by atoms with Gasteiger partial charge in [0, 0.05) is 23.4 Å². The highest BCUT2D eigenvalue weighted by molar-refractivity contribution is 8.00. The Kier molecular flexibility index (Phi) is 5.78. The summed E-state index contributed by atoms with van der Waals surface area (Å²) in [7, 11) is 3.04. The second kappa shape index (κ2) is 8.47. The average Bonchev–Trinajstić information content (AvgIpc) is 3.58. The topological polar surface area (TPSA) is 73.3 Å². The second-order valence-electron chi connectivity index (χ2n) is 6.70. The van der Waals surface area contributed by atoms with Gasteiger partial charge in [0.1, 0.15) is 22.3 Å². The molecule has 29 heavy (non-hydrogen) atoms. The summed E-state index contributed by atoms with van der Waals surface area (Å²) in [4.78, 5) is 22.0. The van der Waals surface area contributed by atoms with Gasteiger partial charge in [-0.3, -0.25) is 4.79 Å². The van der Waals surface area contributed by atoms with Crippen LogP contribution >= 0.6 is 23.4 Å². The van der Waals surface area contributed by atoms with Crippen molar-refractivity contribution in [3.8, 4) is 11.5 Å². The van der Waals surface area contributed by atoms with Crippen LogP contribution in [0, 0.1) is 0 Å². The van der Waals surface area contributed by atoms with Crippen LogP contribution in [0.25, 0.3) is 10.9 Å². The molecule has 8 heteroatoms. The van der Waals surface area contributed by atoms with Crippen molar-refractivity contribution in [1.29, 1.82) is 0 Å². The number of amides is 1. The fourth-order valence-corrected chi connectivity index (χ4v) is 4.03. The highest BCUT2D eigenvalue weighted by Crippen LogP contribution is 2.40. The van der Waals surface area contributed by atoms with E-state index in [1.165, 1.54) is 26.0 Å². The number of para-hydroxylation sites is 1. The van der Waals surface area contributed by atoms with Crippen LogP contribution in [0.15, 0.2) is 41.4 Å². The van der Waals surface area contributed by atoms with E-state index in [1.807, 2.05) is 24.3 Å². The molecule has 1 aliphatic rings. The van der Waals surface area contributed by atoms with E-state index in [4.69, 9.17) is 26.1 Å². The predicted molar refractivity (Wildman–Crippen MR) is 115 cm³/mol. The first-order valence-corrected chi connectivity index (χ1v) is 10.6. The van der Waals surface area contributed by atoms with Crippen LogP contribution in [-0.4, -0.2) is 35.8 Å². The molecule has 3 aromatic rings. The number of ether oxygens (including phenoxy) is 2. The number of aromatic nitrogens is 2. The molecule has 2 aromatic carbocycles. The highest BCUT2D eigenvalue weighted by Gasteiger charge is 2.27. The third kappa shape index (κ3) is 4.41. The molecule has 1 fully saturated rings. The molecule has 0 bridgehead atoms. The Bertz CT molecular complexity index is 1070. The number of methoxy groups -OCH3 is 2. The molecule has 1 amide bonds. The lowest BCUT2D eigenvalue weighted by Gasteiger charge is -2.13. The number of nitrogens with one attached hydrogen (secondary N) is 1. The molecule has 0 atom stereocenters. The first-order chi connectivity index (χ1) is 14.1. The van der Waals surface area contributed by atoms with E-state index in [1.54, 1.807) is 12.1 Å². The monoisotopic (exact) mass is 429 g/mol. The van der Waals surface area contributed by atoms with Gasteiger partial charge in [-0.2, -0.15) is 0 Å². The van der Waals surface area contributed by atoms with Gasteiger partial charge >= 0.3 is 0 Å². The van der Waals surface area contributed by atoms with Crippen molar-refractivity contribution in [2.75, 3.05) is 25.3 Å². The minimum Gasteiger partial charge on any atom is -0.495 e. The molecule has 4 rings (SSSR count). The zero-order chi connectivity index (χ0) is 20.4. The number of anilines is 1. The number of nitrogens with zero attached hydrogens (tertiary/aromatic N) is 2. The van der Waals surface area contributed by atoms with E-state index in [0.717, 1.165) is 34.6 Å². The summed E-state index contributed by atoms with van der Waals surface area (Å²) in [5.74, 6) is 2.28. The number of carbonyl (C=O) groups excluding carboxylic acids is 1. The van der Waals surface area contributed by atoms with E-state index in [9.17, 15) is 4.79 Å². The molecule has 0 aliphatic heterocycles. The molecule has 1 heterocycles. The van der Waals surface area contributed by atoms with Crippen LogP contribution in [-0.2, 0) is 4.79 Å². The standard InChI is InChI=1S/C21H20ClN3O3S/c1-27-17-10-16(18(28-2)9-14(17)22)23-19(26)11-29-21-13-5-3-4-6-15(13)24-20(25-21)12-7-8-12/h3-6,9-10,12H,7-8,11H2,1-2H3,(H,23,26). The Morgan fingerprint density at radius 1 is 1.17 bits per heavy atom. The lowest BCUT2D eigenvalue weighted by Crippen LogP contribution is -2.15. The molecular weight excluding hydrogens is 410 g/mol. The number of rotatable bonds is 7. The second-order valence-corrected chi connectivity index (χ2v) is 8.07. The summed E-state index contributed by atoms with van der Waals surface area (Å²) in [6, 6.07) is 11.2. The molecule has 150 valence electrons. The minimum absolute atomic E-state index is 0.173. The van der Waals surface area contributed by atoms with Gasteiger partial charge in [-0.1, -0.05) is 41.6 Å². The molecule has 1 saturated carbocycles. The van der Waals surface area contributed by atoms with Crippen molar-refractivity contribution < 1.29 is 14.3 Å². The van der Waals surface area contributed by atoms with Crippen molar-refractivity contribution in [3.05, 3.63) is 47.2 Å². The average molecular weight is 430 g/mol. The zero-order valence-corrected chi connectivity index (χ0v) is 17.6. The predicted octanol–water partition coefficient (Wildman–Crippen LogP) is 4.91. The smallest absolute Gasteiger partial charge is 0.234 e. The van der Waals surface area contributed by atoms with Crippen LogP contribution in [0.5, 0.6) is 11.5 Å². The van der Waals surface area contributed by atoms with Crippen molar-refractivity contribution in [2.24, 2.45) is 0 Å². The lowest BCUT2D eigenvalue weighted by atomic mass is 10.2. The SMILES string of the molecule is COc1cc(NC(=O)CSc2nc(C3CC3)nc3ccccc23)c(OC)cc1Cl. The third-order valence-electron chi connectivity index (χ3n) is 4.62. The Balaban J connectivity index is 1.52. The molecule has 1 N–H and O–H groups in total. The van der Waals surface area contributed by atoms with Gasteiger partial charge in [0.25, 0.3) is 0 Å². The lowest BCUT2D eigenvalue weighted by molar-refractivity contribution is -0.113. The number of hydrogen-bond donors (Lipinski definition) is 1. The van der Waals surface area contributed by atoms with Crippen LogP contribution in [0.3, 0.4) is 0 Å². The van der Waals surface area contributed by atoms with E-state index in [-0.39, 0.29) is 11.7 Å². The van der Waals surface area contributed by atoms with Crippen molar-refractivity contribution in [3.63, 3.8) is 0 Å². The number of benzene rings is 2. The molecule has 1 aliphatic carbocycles. The summed E-state index contributed by atoms with van der Waals surface area (Å²) in [5.41, 5.74) is 1.42. The molecule has 0 spiro atoms. The van der Waals surface area contributed by atoms with E-state index >= 15 is 0 Å². The fourth-order valence-electron chi connectivity index (χ4n) is 2.98. The number of thioether (sulfide) groups is 1. The summed E-state index contributed by atoms with van der Waals surface area (Å²) in [6.07, 6.45) is 2.25. The van der Waals surface area contributed by atoms with Crippen LogP contribution < -0.4 is 14.8 Å². The van der Waals surface area contributed by atoms with E-state index in [2.05, 4.69) is 10.3 Å². The Morgan fingerprint density at radius 3 is 2.66 bits per heavy atom. The minimum atomic E-state index is -0.173. The normalized spacial score (nSPS) is 13.3. The molecule has 0 unspecified atom stereocenters. The highest BCUT2D eigenvalue weighted by atomic mass is 35.5. The first-order valence-electron chi connectivity index (χ1n) is 9.20. The number of carbonyl (C=O) groups is 1. The van der Waals surface area contributed by atoms with Gasteiger partial charge in [-0.05, 0) is 18.9 Å². The maximum absolute atomic E-state index is 12.6. The Labute approximate surface area is 178 Å². The summed E-state index contributed by atoms with van der Waals surface area (Å²) in [5, 5.41) is 5.06. The molecule has 0 radical (unpaired) electrons. The Hall–Kier alpha value is -2.51. The third-order valence-corrected chi connectivity index (χ3v) is 5.90. The molecule has 0 saturated heterocycles. The molecule has 1 aromatic heterocycles. The number of fused-ring (bicyclic) bond motifs is 1. The van der Waals surface area contributed by atoms with Crippen molar-refractivity contribution in [2.45, 2.75) is 23.8 Å². The van der Waals surface area contributed by atoms with Crippen LogP contribution in [0.2, 0.25) is 5.02 Å². The van der Waals surface area contributed by atoms with Gasteiger partial charge in [0.15, 0.2) is 0 Å². The zero-order valence-electron chi connectivity index (χ0n) is 16.1. The van der Waals surface area contributed by atoms with Gasteiger partial charge in [-0.15, -0.1) is 0 Å². The maximum Gasteiger partial charge on any atom is 0.234 e. The number of hydrogen-bond acceptors (Lipinski definition) is 6. The van der Waals surface area contributed by atoms with Gasteiger partial charge in [0.2, 0.25) is 5.91 Å². The van der Waals surface area contributed by atoms with Crippen molar-refractivity contribution >= 4 is 45.9 Å². The van der Waals surface area contributed by atoms with E-state index < -0.39 is 0 Å². The maximum atomic E-state index is 12.6.